The van der Waals surface area contributed by atoms with Crippen LogP contribution < -0.4 is 4.74 Å². The molecule has 1 N–H and O–H groups in total. The molecule has 0 unspecified atom stereocenters. The standard InChI is InChI=1S/C15H11FO4/c1-20-11-6-7-12(13(8-11)15(18)19)14(17)9-2-4-10(16)5-3-9/h2-8H,1H3,(H,18,19). The van der Waals surface area contributed by atoms with Gasteiger partial charge in [0.25, 0.3) is 0 Å². The van der Waals surface area contributed by atoms with Gasteiger partial charge in [-0.3, -0.25) is 4.79 Å². The summed E-state index contributed by atoms with van der Waals surface area (Å²) >= 11 is 0. The molecule has 2 aromatic rings. The quantitative estimate of drug-likeness (QED) is 0.871. The second-order valence-electron chi connectivity index (χ2n) is 4.05. The molecule has 2 rings (SSSR count). The molecule has 0 spiro atoms. The van der Waals surface area contributed by atoms with E-state index in [-0.39, 0.29) is 16.7 Å². The normalized spacial score (nSPS) is 10.1. The highest BCUT2D eigenvalue weighted by molar-refractivity contribution is 6.14. The van der Waals surface area contributed by atoms with E-state index >= 15 is 0 Å². The maximum absolute atomic E-state index is 12.8. The molecular formula is C15H11FO4. The van der Waals surface area contributed by atoms with E-state index in [1.807, 2.05) is 0 Å². The van der Waals surface area contributed by atoms with E-state index in [9.17, 15) is 14.0 Å². The molecule has 0 amide bonds. The van der Waals surface area contributed by atoms with Gasteiger partial charge in [0.2, 0.25) is 0 Å². The molecule has 4 nitrogen and oxygen atoms in total. The highest BCUT2D eigenvalue weighted by Gasteiger charge is 2.18. The Morgan fingerprint density at radius 2 is 1.70 bits per heavy atom. The molecule has 20 heavy (non-hydrogen) atoms. The Balaban J connectivity index is 2.48. The Labute approximate surface area is 114 Å². The molecule has 5 heteroatoms. The van der Waals surface area contributed by atoms with Crippen molar-refractivity contribution in [3.8, 4) is 5.75 Å². The van der Waals surface area contributed by atoms with Crippen LogP contribution in [-0.4, -0.2) is 24.0 Å². The summed E-state index contributed by atoms with van der Waals surface area (Å²) in [6.45, 7) is 0. The van der Waals surface area contributed by atoms with Crippen LogP contribution in [0.5, 0.6) is 5.75 Å². The third kappa shape index (κ3) is 2.66. The van der Waals surface area contributed by atoms with Gasteiger partial charge in [0.15, 0.2) is 5.78 Å². The molecule has 0 aliphatic heterocycles. The third-order valence-corrected chi connectivity index (χ3v) is 2.81. The van der Waals surface area contributed by atoms with E-state index in [1.165, 1.54) is 37.4 Å². The number of halogens is 1. The fourth-order valence-corrected chi connectivity index (χ4v) is 1.78. The van der Waals surface area contributed by atoms with Gasteiger partial charge in [-0.05, 0) is 42.5 Å². The Morgan fingerprint density at radius 1 is 1.05 bits per heavy atom. The van der Waals surface area contributed by atoms with Gasteiger partial charge in [0.1, 0.15) is 11.6 Å². The SMILES string of the molecule is COc1ccc(C(=O)c2ccc(F)cc2)c(C(=O)O)c1. The summed E-state index contributed by atoms with van der Waals surface area (Å²) in [6.07, 6.45) is 0. The van der Waals surface area contributed by atoms with Crippen molar-refractivity contribution in [3.05, 3.63) is 65.0 Å². The predicted molar refractivity (Wildman–Crippen MR) is 69.8 cm³/mol. The summed E-state index contributed by atoms with van der Waals surface area (Å²) in [5.74, 6) is -1.83. The lowest BCUT2D eigenvalue weighted by molar-refractivity contribution is 0.0692. The Bertz CT molecular complexity index is 662. The van der Waals surface area contributed by atoms with Crippen molar-refractivity contribution in [2.45, 2.75) is 0 Å². The lowest BCUT2D eigenvalue weighted by Crippen LogP contribution is -2.10. The van der Waals surface area contributed by atoms with Gasteiger partial charge in [0, 0.05) is 11.1 Å². The third-order valence-electron chi connectivity index (χ3n) is 2.81. The van der Waals surface area contributed by atoms with Gasteiger partial charge < -0.3 is 9.84 Å². The lowest BCUT2D eigenvalue weighted by Gasteiger charge is -2.07. The van der Waals surface area contributed by atoms with Crippen molar-refractivity contribution in [2.75, 3.05) is 7.11 Å². The topological polar surface area (TPSA) is 63.6 Å². The van der Waals surface area contributed by atoms with Crippen LogP contribution in [0.25, 0.3) is 0 Å². The molecule has 0 aliphatic rings. The summed E-state index contributed by atoms with van der Waals surface area (Å²) in [6, 6.07) is 9.09. The van der Waals surface area contributed by atoms with Crippen LogP contribution in [0.1, 0.15) is 26.3 Å². The fraction of sp³-hybridized carbons (Fsp3) is 0.0667. The maximum atomic E-state index is 12.8. The number of ether oxygens (including phenoxy) is 1. The summed E-state index contributed by atoms with van der Waals surface area (Å²) in [5.41, 5.74) is 0.0997. The van der Waals surface area contributed by atoms with Crippen LogP contribution >= 0.6 is 0 Å². The maximum Gasteiger partial charge on any atom is 0.336 e. The summed E-state index contributed by atoms with van der Waals surface area (Å²) < 4.78 is 17.8. The summed E-state index contributed by atoms with van der Waals surface area (Å²) in [5, 5.41) is 9.16. The van der Waals surface area contributed by atoms with Crippen molar-refractivity contribution in [1.29, 1.82) is 0 Å². The average Bonchev–Trinajstić information content (AvgIpc) is 2.46. The Hall–Kier alpha value is -2.69. The van der Waals surface area contributed by atoms with E-state index in [4.69, 9.17) is 9.84 Å². The second kappa shape index (κ2) is 5.52. The number of benzene rings is 2. The molecule has 0 bridgehead atoms. The van der Waals surface area contributed by atoms with Crippen LogP contribution in [0.15, 0.2) is 42.5 Å². The predicted octanol–water partition coefficient (Wildman–Crippen LogP) is 2.76. The minimum Gasteiger partial charge on any atom is -0.497 e. The van der Waals surface area contributed by atoms with Crippen molar-refractivity contribution in [3.63, 3.8) is 0 Å². The van der Waals surface area contributed by atoms with Crippen LogP contribution in [0.3, 0.4) is 0 Å². The van der Waals surface area contributed by atoms with Crippen molar-refractivity contribution < 1.29 is 23.8 Å². The van der Waals surface area contributed by atoms with Crippen LogP contribution in [0.4, 0.5) is 4.39 Å². The number of carbonyl (C=O) groups is 2. The number of hydrogen-bond acceptors (Lipinski definition) is 3. The van der Waals surface area contributed by atoms with E-state index in [2.05, 4.69) is 0 Å². The number of aromatic carboxylic acids is 1. The van der Waals surface area contributed by atoms with Gasteiger partial charge in [-0.15, -0.1) is 0 Å². The number of carboxylic acid groups (broad SMARTS) is 1. The monoisotopic (exact) mass is 274 g/mol. The highest BCUT2D eigenvalue weighted by Crippen LogP contribution is 2.21. The number of ketones is 1. The number of hydrogen-bond donors (Lipinski definition) is 1. The number of methoxy groups -OCH3 is 1. The summed E-state index contributed by atoms with van der Waals surface area (Å²) in [7, 11) is 1.41. The molecule has 102 valence electrons. The van der Waals surface area contributed by atoms with E-state index < -0.39 is 17.6 Å². The fourth-order valence-electron chi connectivity index (χ4n) is 1.78. The Morgan fingerprint density at radius 3 is 2.25 bits per heavy atom. The van der Waals surface area contributed by atoms with Gasteiger partial charge >= 0.3 is 5.97 Å². The zero-order valence-electron chi connectivity index (χ0n) is 10.6. The first-order valence-corrected chi connectivity index (χ1v) is 5.74. The molecule has 0 atom stereocenters. The first-order valence-electron chi connectivity index (χ1n) is 5.74. The minimum atomic E-state index is -1.23. The number of carboxylic acids is 1. The van der Waals surface area contributed by atoms with Crippen molar-refractivity contribution in [1.82, 2.24) is 0 Å². The van der Waals surface area contributed by atoms with Crippen molar-refractivity contribution in [2.24, 2.45) is 0 Å². The Kier molecular flexibility index (Phi) is 3.79. The molecule has 0 saturated carbocycles. The molecule has 2 aromatic carbocycles. The van der Waals surface area contributed by atoms with Gasteiger partial charge in [-0.1, -0.05) is 0 Å². The first-order chi connectivity index (χ1) is 9.52. The first kappa shape index (κ1) is 13.7. The zero-order valence-corrected chi connectivity index (χ0v) is 10.6. The number of rotatable bonds is 4. The molecule has 0 fully saturated rings. The van der Waals surface area contributed by atoms with Crippen LogP contribution in [-0.2, 0) is 0 Å². The largest absolute Gasteiger partial charge is 0.497 e. The zero-order chi connectivity index (χ0) is 14.7. The molecule has 0 saturated heterocycles. The van der Waals surface area contributed by atoms with E-state index in [0.29, 0.717) is 5.75 Å². The molecule has 0 heterocycles. The molecular weight excluding hydrogens is 263 g/mol. The highest BCUT2D eigenvalue weighted by atomic mass is 19.1. The van der Waals surface area contributed by atoms with E-state index in [1.54, 1.807) is 0 Å². The molecule has 0 aliphatic carbocycles. The van der Waals surface area contributed by atoms with Crippen molar-refractivity contribution >= 4 is 11.8 Å². The smallest absolute Gasteiger partial charge is 0.336 e. The number of carbonyl (C=O) groups excluding carboxylic acids is 1. The van der Waals surface area contributed by atoms with Gasteiger partial charge in [-0.25, -0.2) is 9.18 Å². The minimum absolute atomic E-state index is 0.0323. The molecule has 0 radical (unpaired) electrons. The lowest BCUT2D eigenvalue weighted by atomic mass is 9.98. The second-order valence-corrected chi connectivity index (χ2v) is 4.05. The van der Waals surface area contributed by atoms with Crippen LogP contribution in [0.2, 0.25) is 0 Å². The summed E-state index contributed by atoms with van der Waals surface area (Å²) in [4.78, 5) is 23.5. The van der Waals surface area contributed by atoms with Gasteiger partial charge in [0.05, 0.1) is 12.7 Å². The van der Waals surface area contributed by atoms with E-state index in [0.717, 1.165) is 12.1 Å². The van der Waals surface area contributed by atoms with Gasteiger partial charge in [-0.2, -0.15) is 0 Å². The van der Waals surface area contributed by atoms with Crippen LogP contribution in [0, 0.1) is 5.82 Å². The average molecular weight is 274 g/mol. The molecule has 0 aromatic heterocycles.